The number of allylic oxidation sites excluding steroid dienone is 1. The molecule has 32 heavy (non-hydrogen) atoms. The molecule has 4 bridgehead atoms. The fourth-order valence-corrected chi connectivity index (χ4v) is 4.76. The van der Waals surface area contributed by atoms with Crippen molar-refractivity contribution < 1.29 is 19.1 Å². The first kappa shape index (κ1) is 26.4. The van der Waals surface area contributed by atoms with E-state index in [0.29, 0.717) is 28.7 Å². The van der Waals surface area contributed by atoms with Crippen molar-refractivity contribution in [3.63, 3.8) is 0 Å². The first-order valence-corrected chi connectivity index (χ1v) is 13.0. The van der Waals surface area contributed by atoms with Gasteiger partial charge in [0.1, 0.15) is 33.9 Å². The third-order valence-corrected chi connectivity index (χ3v) is 6.63. The molecule has 2 unspecified atom stereocenters. The number of hydrogen-bond acceptors (Lipinski definition) is 9. The Morgan fingerprint density at radius 1 is 1.28 bits per heavy atom. The Labute approximate surface area is 202 Å². The molecule has 0 radical (unpaired) electrons. The molecule has 0 saturated carbocycles. The number of fused-ring (bicyclic) bond motifs is 4. The number of aromatic nitrogens is 1. The van der Waals surface area contributed by atoms with E-state index in [4.69, 9.17) is 4.74 Å². The standard InChI is InChI=1S/C18H22N4O4S3.C3H8/c1-18-10-29-16(22-18)12-9-28-14(21-12)7-19-13(23)6-11(4-2-3-5-27)26-15(24)8-20-17(18)25;1-3-2/h2,4,9,11,27H,3,5-8,10H2,1H3,(H,19,23)(H,20,25);3H2,1-2H3/b4-2+;. The van der Waals surface area contributed by atoms with Crippen LogP contribution in [0.3, 0.4) is 0 Å². The van der Waals surface area contributed by atoms with Crippen LogP contribution in [0.15, 0.2) is 22.5 Å². The van der Waals surface area contributed by atoms with E-state index in [-0.39, 0.29) is 31.3 Å². The van der Waals surface area contributed by atoms with Gasteiger partial charge in [0.15, 0.2) is 0 Å². The molecule has 8 nitrogen and oxygen atoms in total. The largest absolute Gasteiger partial charge is 0.456 e. The number of thioether (sulfide) groups is 1. The summed E-state index contributed by atoms with van der Waals surface area (Å²) in [7, 11) is 0. The number of hydrogen-bond donors (Lipinski definition) is 3. The van der Waals surface area contributed by atoms with E-state index >= 15 is 0 Å². The molecule has 2 aliphatic heterocycles. The zero-order chi connectivity index (χ0) is 23.6. The summed E-state index contributed by atoms with van der Waals surface area (Å²) >= 11 is 7.00. The van der Waals surface area contributed by atoms with E-state index in [1.165, 1.54) is 29.5 Å². The first-order chi connectivity index (χ1) is 15.3. The number of rotatable bonds is 3. The number of thiol groups is 1. The Morgan fingerprint density at radius 3 is 2.75 bits per heavy atom. The molecule has 2 atom stereocenters. The monoisotopic (exact) mass is 498 g/mol. The first-order valence-electron chi connectivity index (χ1n) is 10.5. The molecule has 11 heteroatoms. The fourth-order valence-electron chi connectivity index (χ4n) is 2.69. The van der Waals surface area contributed by atoms with Crippen molar-refractivity contribution in [2.24, 2.45) is 4.99 Å². The van der Waals surface area contributed by atoms with Gasteiger partial charge in [0.25, 0.3) is 0 Å². The zero-order valence-electron chi connectivity index (χ0n) is 18.6. The number of thiazole rings is 1. The lowest BCUT2D eigenvalue weighted by Gasteiger charge is -2.19. The number of nitrogens with zero attached hydrogens (tertiary/aromatic N) is 2. The molecule has 3 heterocycles. The van der Waals surface area contributed by atoms with Crippen molar-refractivity contribution in [3.8, 4) is 0 Å². The third kappa shape index (κ3) is 7.93. The van der Waals surface area contributed by atoms with E-state index in [9.17, 15) is 14.4 Å². The van der Waals surface area contributed by atoms with Crippen LogP contribution in [0.4, 0.5) is 0 Å². The lowest BCUT2D eigenvalue weighted by Crippen LogP contribution is -2.46. The van der Waals surface area contributed by atoms with Gasteiger partial charge in [-0.15, -0.1) is 23.1 Å². The van der Waals surface area contributed by atoms with Crippen LogP contribution >= 0.6 is 35.7 Å². The second kappa shape index (κ2) is 13.0. The highest BCUT2D eigenvalue weighted by Gasteiger charge is 2.39. The van der Waals surface area contributed by atoms with Crippen LogP contribution in [-0.2, 0) is 25.7 Å². The van der Waals surface area contributed by atoms with Crippen LogP contribution in [0.2, 0.25) is 0 Å². The van der Waals surface area contributed by atoms with Gasteiger partial charge < -0.3 is 15.4 Å². The molecule has 2 amide bonds. The molecule has 2 aliphatic rings. The molecule has 0 aromatic carbocycles. The summed E-state index contributed by atoms with van der Waals surface area (Å²) in [4.78, 5) is 46.1. The normalized spacial score (nSPS) is 24.2. The van der Waals surface area contributed by atoms with E-state index < -0.39 is 17.6 Å². The number of esters is 1. The summed E-state index contributed by atoms with van der Waals surface area (Å²) in [5.74, 6) is -0.113. The molecule has 2 N–H and O–H groups in total. The van der Waals surface area contributed by atoms with Crippen LogP contribution in [0.25, 0.3) is 0 Å². The van der Waals surface area contributed by atoms with Crippen molar-refractivity contribution in [2.45, 2.75) is 58.2 Å². The Morgan fingerprint density at radius 2 is 2.03 bits per heavy atom. The van der Waals surface area contributed by atoms with Crippen molar-refractivity contribution in [3.05, 3.63) is 28.2 Å². The van der Waals surface area contributed by atoms with Crippen molar-refractivity contribution in [1.82, 2.24) is 15.6 Å². The lowest BCUT2D eigenvalue weighted by molar-refractivity contribution is -0.148. The van der Waals surface area contributed by atoms with E-state index in [0.717, 1.165) is 5.01 Å². The highest BCUT2D eigenvalue weighted by Crippen LogP contribution is 2.31. The molecular weight excluding hydrogens is 468 g/mol. The summed E-state index contributed by atoms with van der Waals surface area (Å²) in [5.41, 5.74) is -0.277. The van der Waals surface area contributed by atoms with Crippen LogP contribution in [0.1, 0.15) is 50.7 Å². The summed E-state index contributed by atoms with van der Waals surface area (Å²) in [5, 5.41) is 8.68. The van der Waals surface area contributed by atoms with Gasteiger partial charge in [-0.25, -0.2) is 4.98 Å². The van der Waals surface area contributed by atoms with Crippen molar-refractivity contribution in [2.75, 3.05) is 18.1 Å². The van der Waals surface area contributed by atoms with Gasteiger partial charge in [0, 0.05) is 11.1 Å². The number of carbonyl (C=O) groups is 3. The average molecular weight is 499 g/mol. The maximum absolute atomic E-state index is 12.6. The molecular formula is C21H30N4O4S3. The van der Waals surface area contributed by atoms with Gasteiger partial charge in [-0.1, -0.05) is 26.3 Å². The second-order valence-corrected chi connectivity index (χ2v) is 9.80. The van der Waals surface area contributed by atoms with Crippen LogP contribution in [0.5, 0.6) is 0 Å². The van der Waals surface area contributed by atoms with Gasteiger partial charge >= 0.3 is 5.97 Å². The minimum Gasteiger partial charge on any atom is -0.456 e. The molecule has 0 saturated heterocycles. The molecule has 3 rings (SSSR count). The smallest absolute Gasteiger partial charge is 0.326 e. The summed E-state index contributed by atoms with van der Waals surface area (Å²) in [6, 6.07) is 0. The number of amides is 2. The molecule has 1 aromatic rings. The van der Waals surface area contributed by atoms with Gasteiger partial charge in [-0.2, -0.15) is 12.6 Å². The Hall–Kier alpha value is -1.85. The number of carbonyl (C=O) groups excluding carboxylic acids is 3. The van der Waals surface area contributed by atoms with E-state index in [1.54, 1.807) is 13.0 Å². The summed E-state index contributed by atoms with van der Waals surface area (Å²) < 4.78 is 5.38. The molecule has 0 aliphatic carbocycles. The molecule has 0 spiro atoms. The average Bonchev–Trinajstić information content (AvgIpc) is 3.38. The number of nitrogens with one attached hydrogen (secondary N) is 2. The Kier molecular flexibility index (Phi) is 10.7. The quantitative estimate of drug-likeness (QED) is 0.336. The second-order valence-electron chi connectivity index (χ2n) is 7.45. The SMILES string of the molecule is CC12CSC(=N1)c1csc(n1)CNC(=O)CC(/C=C/CCS)OC(=O)CNC2=O.CCC. The van der Waals surface area contributed by atoms with Gasteiger partial charge in [0.2, 0.25) is 11.8 Å². The number of ether oxygens (including phenoxy) is 1. The molecule has 0 fully saturated rings. The van der Waals surface area contributed by atoms with Gasteiger partial charge in [-0.05, 0) is 25.2 Å². The summed E-state index contributed by atoms with van der Waals surface area (Å²) in [6.07, 6.45) is 4.69. The molecule has 1 aromatic heterocycles. The fraction of sp³-hybridized carbons (Fsp3) is 0.571. The topological polar surface area (TPSA) is 110 Å². The van der Waals surface area contributed by atoms with E-state index in [1.807, 2.05) is 11.5 Å². The van der Waals surface area contributed by atoms with Gasteiger partial charge in [-0.3, -0.25) is 19.4 Å². The lowest BCUT2D eigenvalue weighted by atomic mass is 10.1. The number of cyclic esters (lactones) is 1. The van der Waals surface area contributed by atoms with Gasteiger partial charge in [0.05, 0.1) is 13.0 Å². The Balaban J connectivity index is 0.00000114. The third-order valence-electron chi connectivity index (χ3n) is 4.24. The zero-order valence-corrected chi connectivity index (χ0v) is 21.1. The van der Waals surface area contributed by atoms with Crippen LogP contribution < -0.4 is 10.6 Å². The van der Waals surface area contributed by atoms with Crippen molar-refractivity contribution >= 4 is 58.6 Å². The van der Waals surface area contributed by atoms with Crippen LogP contribution in [-0.4, -0.2) is 57.5 Å². The summed E-state index contributed by atoms with van der Waals surface area (Å²) in [6.45, 7) is 5.97. The highest BCUT2D eigenvalue weighted by atomic mass is 32.2. The maximum Gasteiger partial charge on any atom is 0.326 e. The predicted molar refractivity (Wildman–Crippen MR) is 132 cm³/mol. The minimum absolute atomic E-state index is 0.0126. The maximum atomic E-state index is 12.6. The number of aliphatic imine (C=N–C) groups is 1. The predicted octanol–water partition coefficient (Wildman–Crippen LogP) is 2.74. The molecule has 176 valence electrons. The minimum atomic E-state index is -0.971. The Bertz CT molecular complexity index is 871. The van der Waals surface area contributed by atoms with Crippen molar-refractivity contribution in [1.29, 1.82) is 0 Å². The van der Waals surface area contributed by atoms with E-state index in [2.05, 4.69) is 47.1 Å². The highest BCUT2D eigenvalue weighted by molar-refractivity contribution is 8.14. The van der Waals surface area contributed by atoms with Crippen LogP contribution in [0, 0.1) is 0 Å².